The Balaban J connectivity index is 0.00000242. The molecule has 1 aromatic heterocycles. The maximum Gasteiger partial charge on any atom is 0.135 e. The number of benzene rings is 1. The third-order valence-corrected chi connectivity index (χ3v) is 3.70. The number of nitrogens with zero attached hydrogens (tertiary/aromatic N) is 1. The average Bonchev–Trinajstić information content (AvgIpc) is 2.76. The number of methoxy groups -OCH3 is 1. The summed E-state index contributed by atoms with van der Waals surface area (Å²) in [4.78, 5) is 0. The number of hydrogen-bond donors (Lipinski definition) is 1. The predicted molar refractivity (Wildman–Crippen MR) is 85.7 cm³/mol. The zero-order chi connectivity index (χ0) is 15.4. The Morgan fingerprint density at radius 1 is 1.32 bits per heavy atom. The van der Waals surface area contributed by atoms with Crippen LogP contribution in [0.4, 0.5) is 0 Å². The maximum atomic E-state index is 10.7. The number of rotatable bonds is 5. The van der Waals surface area contributed by atoms with Gasteiger partial charge in [0.1, 0.15) is 6.23 Å². The van der Waals surface area contributed by atoms with Gasteiger partial charge in [-0.2, -0.15) is 30.3 Å². The smallest absolute Gasteiger partial charge is 0.135 e. The van der Waals surface area contributed by atoms with E-state index in [2.05, 4.69) is 12.6 Å². The van der Waals surface area contributed by atoms with E-state index in [-0.39, 0.29) is 41.7 Å². The minimum Gasteiger partial charge on any atom is -0.504 e. The van der Waals surface area contributed by atoms with Gasteiger partial charge in [-0.3, -0.25) is 0 Å². The standard InChI is InChI=1S/C18H20NO2.Ce/c1-5-16-13(2)14(3)19(17(16)11-12-21-4)18(20)15-9-7-6-8-10-15;/h5,7-12,18,20H,1H2,2-4H3;/q-1;/b12-11-;. The molecular formula is C18H20CeNO2-. The SMILES string of the molecule is C=Cc1c(C)c(C)n(C(O)c2cc[c-]cc2)c1/C=C\OC.[Ce]. The molecule has 1 aromatic carbocycles. The van der Waals surface area contributed by atoms with Crippen molar-refractivity contribution < 1.29 is 51.6 Å². The second-order valence-electron chi connectivity index (χ2n) is 4.83. The third kappa shape index (κ3) is 3.71. The first-order valence-electron chi connectivity index (χ1n) is 6.79. The van der Waals surface area contributed by atoms with Gasteiger partial charge in [0, 0.05) is 53.0 Å². The minimum atomic E-state index is -0.761. The summed E-state index contributed by atoms with van der Waals surface area (Å²) in [6.07, 6.45) is 4.49. The van der Waals surface area contributed by atoms with Crippen LogP contribution in [0.1, 0.15) is 34.3 Å². The van der Waals surface area contributed by atoms with Crippen LogP contribution in [-0.4, -0.2) is 16.8 Å². The first-order valence-corrected chi connectivity index (χ1v) is 6.79. The molecule has 114 valence electrons. The number of hydrogen-bond acceptors (Lipinski definition) is 2. The summed E-state index contributed by atoms with van der Waals surface area (Å²) in [6.45, 7) is 7.89. The molecule has 2 rings (SSSR count). The molecule has 0 spiro atoms. The molecule has 0 radical (unpaired) electrons. The maximum absolute atomic E-state index is 10.7. The van der Waals surface area contributed by atoms with Gasteiger partial charge in [-0.15, -0.1) is 5.56 Å². The molecule has 0 saturated carbocycles. The Kier molecular flexibility index (Phi) is 7.55. The van der Waals surface area contributed by atoms with Crippen LogP contribution in [-0.2, 0) is 4.74 Å². The molecule has 1 atom stereocenters. The van der Waals surface area contributed by atoms with Gasteiger partial charge in [0.2, 0.25) is 0 Å². The fourth-order valence-electron chi connectivity index (χ4n) is 2.47. The summed E-state index contributed by atoms with van der Waals surface area (Å²) in [6, 6.07) is 10.3. The predicted octanol–water partition coefficient (Wildman–Crippen LogP) is 3.70. The van der Waals surface area contributed by atoms with E-state index in [1.807, 2.05) is 36.6 Å². The van der Waals surface area contributed by atoms with E-state index in [1.165, 1.54) is 0 Å². The van der Waals surface area contributed by atoms with Crippen molar-refractivity contribution >= 4 is 12.2 Å². The van der Waals surface area contributed by atoms with Crippen LogP contribution in [0.15, 0.2) is 37.1 Å². The van der Waals surface area contributed by atoms with Gasteiger partial charge in [-0.05, 0) is 25.5 Å². The third-order valence-electron chi connectivity index (χ3n) is 3.70. The summed E-state index contributed by atoms with van der Waals surface area (Å²) in [5.74, 6) is 0. The molecule has 0 fully saturated rings. The van der Waals surface area contributed by atoms with Crippen LogP contribution in [0.25, 0.3) is 12.2 Å². The summed E-state index contributed by atoms with van der Waals surface area (Å²) in [5.41, 5.74) is 4.79. The Morgan fingerprint density at radius 3 is 2.50 bits per heavy atom. The monoisotopic (exact) mass is 422 g/mol. The molecule has 4 heteroatoms. The van der Waals surface area contributed by atoms with Gasteiger partial charge < -0.3 is 14.4 Å². The molecule has 0 amide bonds. The van der Waals surface area contributed by atoms with E-state index in [1.54, 1.807) is 31.6 Å². The van der Waals surface area contributed by atoms with Crippen molar-refractivity contribution in [2.45, 2.75) is 20.1 Å². The number of aliphatic hydroxyl groups excluding tert-OH is 1. The average molecular weight is 422 g/mol. The first-order chi connectivity index (χ1) is 10.1. The largest absolute Gasteiger partial charge is 0.504 e. The van der Waals surface area contributed by atoms with Crippen molar-refractivity contribution in [3.05, 3.63) is 71.3 Å². The fourth-order valence-corrected chi connectivity index (χ4v) is 2.47. The van der Waals surface area contributed by atoms with Crippen LogP contribution < -0.4 is 0 Å². The molecule has 0 aliphatic carbocycles. The van der Waals surface area contributed by atoms with Gasteiger partial charge in [0.15, 0.2) is 0 Å². The van der Waals surface area contributed by atoms with Crippen molar-refractivity contribution in [1.82, 2.24) is 4.57 Å². The van der Waals surface area contributed by atoms with E-state index in [9.17, 15) is 5.11 Å². The summed E-state index contributed by atoms with van der Waals surface area (Å²) in [5, 5.41) is 10.7. The Hall–Kier alpha value is -0.883. The van der Waals surface area contributed by atoms with Crippen LogP contribution in [0.5, 0.6) is 0 Å². The molecule has 1 unspecified atom stereocenters. The summed E-state index contributed by atoms with van der Waals surface area (Å²) < 4.78 is 6.91. The zero-order valence-electron chi connectivity index (χ0n) is 13.1. The van der Waals surface area contributed by atoms with E-state index < -0.39 is 6.23 Å². The van der Waals surface area contributed by atoms with Gasteiger partial charge in [-0.1, -0.05) is 12.7 Å². The van der Waals surface area contributed by atoms with E-state index >= 15 is 0 Å². The van der Waals surface area contributed by atoms with Crippen LogP contribution >= 0.6 is 0 Å². The summed E-state index contributed by atoms with van der Waals surface area (Å²) in [7, 11) is 1.60. The Morgan fingerprint density at radius 2 is 1.95 bits per heavy atom. The normalized spacial score (nSPS) is 12.0. The second-order valence-corrected chi connectivity index (χ2v) is 4.83. The fraction of sp³-hybridized carbons (Fsp3) is 0.222. The molecule has 1 N–H and O–H groups in total. The molecule has 0 bridgehead atoms. The molecule has 3 nitrogen and oxygen atoms in total. The number of ether oxygens (including phenoxy) is 1. The number of aliphatic hydroxyl groups is 1. The molecule has 0 aliphatic rings. The minimum absolute atomic E-state index is 0. The molecule has 1 heterocycles. The Labute approximate surface area is 165 Å². The quantitative estimate of drug-likeness (QED) is 0.589. The molecule has 2 aromatic rings. The van der Waals surface area contributed by atoms with Crippen LogP contribution in [0.2, 0.25) is 0 Å². The number of aromatic nitrogens is 1. The van der Waals surface area contributed by atoms with Crippen LogP contribution in [0.3, 0.4) is 0 Å². The van der Waals surface area contributed by atoms with Crippen molar-refractivity contribution in [1.29, 1.82) is 0 Å². The zero-order valence-corrected chi connectivity index (χ0v) is 16.3. The van der Waals surface area contributed by atoms with Gasteiger partial charge in [-0.25, -0.2) is 0 Å². The molecule has 0 saturated heterocycles. The van der Waals surface area contributed by atoms with Gasteiger partial charge >= 0.3 is 0 Å². The van der Waals surface area contributed by atoms with E-state index in [0.717, 1.165) is 28.1 Å². The van der Waals surface area contributed by atoms with Crippen molar-refractivity contribution in [2.24, 2.45) is 0 Å². The first kappa shape index (κ1) is 19.2. The Bertz CT molecular complexity index is 659. The van der Waals surface area contributed by atoms with Gasteiger partial charge in [0.25, 0.3) is 0 Å². The van der Waals surface area contributed by atoms with Gasteiger partial charge in [0.05, 0.1) is 19.1 Å². The molecule has 22 heavy (non-hydrogen) atoms. The van der Waals surface area contributed by atoms with E-state index in [4.69, 9.17) is 4.74 Å². The van der Waals surface area contributed by atoms with Crippen molar-refractivity contribution in [2.75, 3.05) is 7.11 Å². The summed E-state index contributed by atoms with van der Waals surface area (Å²) >= 11 is 0. The molecular weight excluding hydrogens is 402 g/mol. The van der Waals surface area contributed by atoms with Crippen molar-refractivity contribution in [3.63, 3.8) is 0 Å². The second kappa shape index (κ2) is 8.67. The topological polar surface area (TPSA) is 34.4 Å². The molecule has 0 aliphatic heterocycles. The van der Waals surface area contributed by atoms with E-state index in [0.29, 0.717) is 0 Å². The van der Waals surface area contributed by atoms with Crippen LogP contribution in [0, 0.1) is 61.7 Å². The van der Waals surface area contributed by atoms with Crippen molar-refractivity contribution in [3.8, 4) is 0 Å².